The Morgan fingerprint density at radius 1 is 1.35 bits per heavy atom. The van der Waals surface area contributed by atoms with Crippen LogP contribution in [-0.4, -0.2) is 18.4 Å². The van der Waals surface area contributed by atoms with E-state index < -0.39 is 5.54 Å². The van der Waals surface area contributed by atoms with Gasteiger partial charge in [-0.15, -0.1) is 0 Å². The second kappa shape index (κ2) is 5.62. The molecule has 20 heavy (non-hydrogen) atoms. The first-order valence-corrected chi connectivity index (χ1v) is 7.18. The molecule has 0 bridgehead atoms. The molecule has 1 amide bonds. The van der Waals surface area contributed by atoms with Crippen molar-refractivity contribution in [3.8, 4) is 0 Å². The highest BCUT2D eigenvalue weighted by molar-refractivity contribution is 6.42. The fourth-order valence-electron chi connectivity index (χ4n) is 1.99. The molecule has 1 aromatic rings. The largest absolute Gasteiger partial charge is 0.338 e. The number of rotatable bonds is 3. The first kappa shape index (κ1) is 15.1. The maximum absolute atomic E-state index is 12.3. The van der Waals surface area contributed by atoms with E-state index in [2.05, 4.69) is 29.5 Å². The number of amides is 1. The fourth-order valence-corrected chi connectivity index (χ4v) is 2.48. The van der Waals surface area contributed by atoms with Crippen LogP contribution in [0.15, 0.2) is 23.2 Å². The van der Waals surface area contributed by atoms with Crippen LogP contribution in [0.25, 0.3) is 0 Å². The number of halogens is 2. The summed E-state index contributed by atoms with van der Waals surface area (Å²) in [6.07, 6.45) is 0. The van der Waals surface area contributed by atoms with E-state index in [1.807, 2.05) is 0 Å². The third-order valence-corrected chi connectivity index (χ3v) is 3.98. The third kappa shape index (κ3) is 2.76. The van der Waals surface area contributed by atoms with Crippen molar-refractivity contribution in [3.05, 3.63) is 33.8 Å². The van der Waals surface area contributed by atoms with Crippen molar-refractivity contribution in [1.29, 1.82) is 0 Å². The normalized spacial score (nSPS) is 24.1. The molecule has 4 nitrogen and oxygen atoms in total. The molecule has 0 aliphatic carbocycles. The van der Waals surface area contributed by atoms with Gasteiger partial charge in [0.15, 0.2) is 5.96 Å². The van der Waals surface area contributed by atoms with Crippen molar-refractivity contribution < 1.29 is 4.79 Å². The fraction of sp³-hybridized carbons (Fsp3) is 0.429. The highest BCUT2D eigenvalue weighted by Gasteiger charge is 2.43. The zero-order valence-corrected chi connectivity index (χ0v) is 13.1. The molecule has 1 aliphatic rings. The zero-order chi connectivity index (χ0) is 14.9. The standard InChI is InChI=1S/C14H17Cl2N3O/c1-8(2)7-17-13-18-12(20)14(3,19-13)9-5-4-6-10(15)11(9)16/h4-6,8H,7H2,1-3H3,(H2,17,18,19,20). The molecule has 0 aromatic heterocycles. The summed E-state index contributed by atoms with van der Waals surface area (Å²) < 4.78 is 0. The Labute approximate surface area is 128 Å². The number of nitrogens with zero attached hydrogens (tertiary/aromatic N) is 1. The van der Waals surface area contributed by atoms with E-state index in [-0.39, 0.29) is 5.91 Å². The maximum atomic E-state index is 12.3. The Bertz CT molecular complexity index is 572. The first-order chi connectivity index (χ1) is 9.34. The summed E-state index contributed by atoms with van der Waals surface area (Å²) in [5.74, 6) is 0.703. The van der Waals surface area contributed by atoms with E-state index in [0.717, 1.165) is 0 Å². The van der Waals surface area contributed by atoms with E-state index >= 15 is 0 Å². The van der Waals surface area contributed by atoms with Gasteiger partial charge in [0.25, 0.3) is 5.91 Å². The minimum atomic E-state index is -0.961. The quantitative estimate of drug-likeness (QED) is 0.901. The van der Waals surface area contributed by atoms with Crippen molar-refractivity contribution >= 4 is 35.1 Å². The zero-order valence-electron chi connectivity index (χ0n) is 11.6. The topological polar surface area (TPSA) is 53.5 Å². The van der Waals surface area contributed by atoms with Gasteiger partial charge in [0.05, 0.1) is 10.0 Å². The van der Waals surface area contributed by atoms with Crippen molar-refractivity contribution in [2.75, 3.05) is 6.54 Å². The van der Waals surface area contributed by atoms with Crippen LogP contribution in [-0.2, 0) is 10.3 Å². The summed E-state index contributed by atoms with van der Waals surface area (Å²) in [5, 5.41) is 6.65. The molecule has 1 heterocycles. The van der Waals surface area contributed by atoms with E-state index in [4.69, 9.17) is 23.2 Å². The number of aliphatic imine (C=N–C) groups is 1. The highest BCUT2D eigenvalue weighted by Crippen LogP contribution is 2.34. The Morgan fingerprint density at radius 2 is 2.05 bits per heavy atom. The second-order valence-corrected chi connectivity index (χ2v) is 6.17. The van der Waals surface area contributed by atoms with E-state index in [1.54, 1.807) is 25.1 Å². The number of guanidine groups is 1. The highest BCUT2D eigenvalue weighted by atomic mass is 35.5. The summed E-state index contributed by atoms with van der Waals surface area (Å²) in [6, 6.07) is 5.25. The summed E-state index contributed by atoms with van der Waals surface area (Å²) in [7, 11) is 0. The smallest absolute Gasteiger partial charge is 0.256 e. The molecule has 1 aromatic carbocycles. The number of benzene rings is 1. The molecule has 2 N–H and O–H groups in total. The Balaban J connectivity index is 2.34. The van der Waals surface area contributed by atoms with Gasteiger partial charge in [0.2, 0.25) is 0 Å². The van der Waals surface area contributed by atoms with Gasteiger partial charge < -0.3 is 5.32 Å². The predicted molar refractivity (Wildman–Crippen MR) is 82.2 cm³/mol. The van der Waals surface area contributed by atoms with Crippen molar-refractivity contribution in [2.24, 2.45) is 10.9 Å². The van der Waals surface area contributed by atoms with Gasteiger partial charge in [0.1, 0.15) is 5.54 Å². The Kier molecular flexibility index (Phi) is 4.25. The Hall–Kier alpha value is -1.26. The summed E-state index contributed by atoms with van der Waals surface area (Å²) in [5.41, 5.74) is -0.323. The molecule has 108 valence electrons. The molecule has 1 unspecified atom stereocenters. The third-order valence-electron chi connectivity index (χ3n) is 3.16. The molecule has 1 aliphatic heterocycles. The van der Waals surface area contributed by atoms with E-state index in [1.165, 1.54) is 0 Å². The van der Waals surface area contributed by atoms with Crippen molar-refractivity contribution in [3.63, 3.8) is 0 Å². The van der Waals surface area contributed by atoms with Crippen molar-refractivity contribution in [1.82, 2.24) is 10.6 Å². The monoisotopic (exact) mass is 313 g/mol. The number of carbonyl (C=O) groups is 1. The molecule has 1 saturated heterocycles. The van der Waals surface area contributed by atoms with Crippen LogP contribution in [0.1, 0.15) is 26.3 Å². The summed E-state index contributed by atoms with van der Waals surface area (Å²) in [4.78, 5) is 16.6. The van der Waals surface area contributed by atoms with Crippen LogP contribution in [0.2, 0.25) is 10.0 Å². The summed E-state index contributed by atoms with van der Waals surface area (Å²) in [6.45, 7) is 6.53. The lowest BCUT2D eigenvalue weighted by Gasteiger charge is -2.23. The van der Waals surface area contributed by atoms with Gasteiger partial charge in [-0.2, -0.15) is 0 Å². The number of nitrogens with one attached hydrogen (secondary N) is 2. The molecule has 0 radical (unpaired) electrons. The number of carbonyl (C=O) groups excluding carboxylic acids is 1. The Morgan fingerprint density at radius 3 is 2.70 bits per heavy atom. The van der Waals surface area contributed by atoms with Gasteiger partial charge in [0, 0.05) is 12.1 Å². The molecule has 2 rings (SSSR count). The lowest BCUT2D eigenvalue weighted by Crippen LogP contribution is -2.41. The summed E-state index contributed by atoms with van der Waals surface area (Å²) >= 11 is 12.2. The molecular formula is C14H17Cl2N3O. The van der Waals surface area contributed by atoms with Crippen LogP contribution < -0.4 is 10.6 Å². The van der Waals surface area contributed by atoms with Crippen LogP contribution in [0, 0.1) is 5.92 Å². The van der Waals surface area contributed by atoms with Crippen LogP contribution in [0.5, 0.6) is 0 Å². The van der Waals surface area contributed by atoms with Gasteiger partial charge in [-0.1, -0.05) is 49.2 Å². The number of hydrogen-bond acceptors (Lipinski definition) is 2. The lowest BCUT2D eigenvalue weighted by molar-refractivity contribution is -0.123. The van der Waals surface area contributed by atoms with Crippen LogP contribution >= 0.6 is 23.2 Å². The molecule has 1 fully saturated rings. The van der Waals surface area contributed by atoms with Gasteiger partial charge in [-0.3, -0.25) is 15.1 Å². The molecule has 1 atom stereocenters. The van der Waals surface area contributed by atoms with Gasteiger partial charge >= 0.3 is 0 Å². The molecular weight excluding hydrogens is 297 g/mol. The van der Waals surface area contributed by atoms with Crippen LogP contribution in [0.4, 0.5) is 0 Å². The number of hydrogen-bond donors (Lipinski definition) is 2. The molecule has 0 saturated carbocycles. The maximum Gasteiger partial charge on any atom is 0.256 e. The van der Waals surface area contributed by atoms with Crippen molar-refractivity contribution in [2.45, 2.75) is 26.3 Å². The minimum absolute atomic E-state index is 0.191. The average Bonchev–Trinajstić information content (AvgIpc) is 2.67. The molecule has 6 heteroatoms. The van der Waals surface area contributed by atoms with Crippen LogP contribution in [0.3, 0.4) is 0 Å². The average molecular weight is 314 g/mol. The first-order valence-electron chi connectivity index (χ1n) is 6.43. The lowest BCUT2D eigenvalue weighted by atomic mass is 9.92. The second-order valence-electron chi connectivity index (χ2n) is 5.39. The van der Waals surface area contributed by atoms with Gasteiger partial charge in [-0.05, 0) is 18.9 Å². The molecule has 0 spiro atoms. The van der Waals surface area contributed by atoms with E-state index in [0.29, 0.717) is 34.0 Å². The minimum Gasteiger partial charge on any atom is -0.338 e. The predicted octanol–water partition coefficient (Wildman–Crippen LogP) is 2.94. The van der Waals surface area contributed by atoms with E-state index in [9.17, 15) is 4.79 Å². The SMILES string of the molecule is CC(C)CN=C1NC(=O)C(C)(c2cccc(Cl)c2Cl)N1. The van der Waals surface area contributed by atoms with Gasteiger partial charge in [-0.25, -0.2) is 0 Å².